The summed E-state index contributed by atoms with van der Waals surface area (Å²) in [4.78, 5) is 25.4. The van der Waals surface area contributed by atoms with Crippen LogP contribution in [0.3, 0.4) is 0 Å². The van der Waals surface area contributed by atoms with Gasteiger partial charge < -0.3 is 4.42 Å². The van der Waals surface area contributed by atoms with Crippen LogP contribution in [0.1, 0.15) is 5.76 Å². The van der Waals surface area contributed by atoms with E-state index >= 15 is 0 Å². The molecule has 2 aromatic rings. The van der Waals surface area contributed by atoms with E-state index in [0.717, 1.165) is 16.7 Å². The molecule has 1 saturated heterocycles. The largest absolute Gasteiger partial charge is 0.457 e. The molecule has 2 amide bonds. The Balaban J connectivity index is 1.89. The number of imide groups is 1. The minimum Gasteiger partial charge on any atom is -0.457 e. The smallest absolute Gasteiger partial charge is 0.293 e. The summed E-state index contributed by atoms with van der Waals surface area (Å²) in [6.07, 6.45) is 3.04. The van der Waals surface area contributed by atoms with Crippen LogP contribution in [0.5, 0.6) is 0 Å². The zero-order valence-electron chi connectivity index (χ0n) is 12.3. The number of carbonyl (C=O) groups is 2. The van der Waals surface area contributed by atoms with Gasteiger partial charge in [0.05, 0.1) is 15.0 Å². The number of hydrogen-bond donors (Lipinski definition) is 0. The van der Waals surface area contributed by atoms with Crippen molar-refractivity contribution in [3.63, 3.8) is 0 Å². The molecular formula is C17H11Cl2NO3S. The van der Waals surface area contributed by atoms with Gasteiger partial charge in [-0.1, -0.05) is 35.3 Å². The summed E-state index contributed by atoms with van der Waals surface area (Å²) in [6.45, 7) is 3.72. The topological polar surface area (TPSA) is 50.5 Å². The minimum absolute atomic E-state index is 0.184. The second-order valence-corrected chi connectivity index (χ2v) is 6.66. The van der Waals surface area contributed by atoms with Gasteiger partial charge in [-0.15, -0.1) is 6.58 Å². The normalized spacial score (nSPS) is 16.2. The Morgan fingerprint density at radius 2 is 2.00 bits per heavy atom. The number of thioether (sulfide) groups is 1. The highest BCUT2D eigenvalue weighted by Crippen LogP contribution is 2.36. The van der Waals surface area contributed by atoms with Crippen LogP contribution in [0.2, 0.25) is 10.0 Å². The minimum atomic E-state index is -0.358. The van der Waals surface area contributed by atoms with E-state index < -0.39 is 0 Å². The molecule has 1 fully saturated rings. The highest BCUT2D eigenvalue weighted by molar-refractivity contribution is 8.18. The predicted molar refractivity (Wildman–Crippen MR) is 97.0 cm³/mol. The van der Waals surface area contributed by atoms with Crippen molar-refractivity contribution >= 4 is 52.2 Å². The number of rotatable bonds is 4. The zero-order chi connectivity index (χ0) is 17.3. The summed E-state index contributed by atoms with van der Waals surface area (Å²) in [6, 6.07) is 8.68. The molecule has 0 unspecified atom stereocenters. The Labute approximate surface area is 152 Å². The van der Waals surface area contributed by atoms with Gasteiger partial charge in [0.25, 0.3) is 11.1 Å². The van der Waals surface area contributed by atoms with E-state index in [1.54, 1.807) is 30.3 Å². The molecule has 0 saturated carbocycles. The van der Waals surface area contributed by atoms with Crippen LogP contribution in [0.25, 0.3) is 17.4 Å². The number of benzene rings is 1. The van der Waals surface area contributed by atoms with Crippen molar-refractivity contribution in [2.75, 3.05) is 6.54 Å². The Hall–Kier alpha value is -1.95. The Morgan fingerprint density at radius 1 is 1.21 bits per heavy atom. The maximum atomic E-state index is 12.2. The van der Waals surface area contributed by atoms with Crippen LogP contribution in [0.4, 0.5) is 4.79 Å². The maximum Gasteiger partial charge on any atom is 0.293 e. The molecular weight excluding hydrogens is 369 g/mol. The van der Waals surface area contributed by atoms with Crippen molar-refractivity contribution in [3.05, 3.63) is 63.7 Å². The van der Waals surface area contributed by atoms with Gasteiger partial charge in [-0.05, 0) is 36.0 Å². The summed E-state index contributed by atoms with van der Waals surface area (Å²) < 4.78 is 5.71. The van der Waals surface area contributed by atoms with Gasteiger partial charge in [-0.25, -0.2) is 0 Å². The summed E-state index contributed by atoms with van der Waals surface area (Å²) in [5.74, 6) is 0.618. The van der Waals surface area contributed by atoms with E-state index in [-0.39, 0.29) is 17.7 Å². The first-order valence-electron chi connectivity index (χ1n) is 6.91. The molecule has 122 valence electrons. The van der Waals surface area contributed by atoms with Crippen LogP contribution in [0, 0.1) is 0 Å². The van der Waals surface area contributed by atoms with Crippen LogP contribution < -0.4 is 0 Å². The third-order valence-corrected chi connectivity index (χ3v) is 5.03. The Bertz CT molecular complexity index is 872. The van der Waals surface area contributed by atoms with Crippen LogP contribution in [0.15, 0.2) is 52.3 Å². The molecule has 2 heterocycles. The Kier molecular flexibility index (Phi) is 4.85. The first-order chi connectivity index (χ1) is 11.5. The molecule has 0 bridgehead atoms. The molecule has 7 heteroatoms. The van der Waals surface area contributed by atoms with Crippen LogP contribution >= 0.6 is 35.0 Å². The summed E-state index contributed by atoms with van der Waals surface area (Å²) in [5.41, 5.74) is 0.656. The summed E-state index contributed by atoms with van der Waals surface area (Å²) >= 11 is 13.1. The predicted octanol–water partition coefficient (Wildman–Crippen LogP) is 5.48. The first-order valence-corrected chi connectivity index (χ1v) is 8.49. The van der Waals surface area contributed by atoms with Crippen LogP contribution in [-0.2, 0) is 4.79 Å². The third kappa shape index (κ3) is 3.15. The first kappa shape index (κ1) is 16.9. The molecule has 1 aliphatic rings. The highest BCUT2D eigenvalue weighted by Gasteiger charge is 2.34. The van der Waals surface area contributed by atoms with E-state index in [1.165, 1.54) is 12.2 Å². The van der Waals surface area contributed by atoms with Gasteiger partial charge in [0.1, 0.15) is 11.5 Å². The van der Waals surface area contributed by atoms with Crippen molar-refractivity contribution in [2.24, 2.45) is 0 Å². The molecule has 1 aromatic heterocycles. The molecule has 0 N–H and O–H groups in total. The van der Waals surface area contributed by atoms with E-state index in [1.807, 2.05) is 0 Å². The number of amides is 2. The second-order valence-electron chi connectivity index (χ2n) is 4.88. The number of nitrogens with zero attached hydrogens (tertiary/aromatic N) is 1. The molecule has 24 heavy (non-hydrogen) atoms. The fraction of sp³-hybridized carbons (Fsp3) is 0.0588. The van der Waals surface area contributed by atoms with E-state index in [2.05, 4.69) is 6.58 Å². The van der Waals surface area contributed by atoms with Gasteiger partial charge in [-0.2, -0.15) is 0 Å². The molecule has 1 aliphatic heterocycles. The lowest BCUT2D eigenvalue weighted by molar-refractivity contribution is -0.122. The lowest BCUT2D eigenvalue weighted by Crippen LogP contribution is -2.27. The molecule has 3 rings (SSSR count). The summed E-state index contributed by atoms with van der Waals surface area (Å²) in [5, 5.41) is 0.500. The molecule has 0 spiro atoms. The van der Waals surface area contributed by atoms with Crippen molar-refractivity contribution < 1.29 is 14.0 Å². The second kappa shape index (κ2) is 6.89. The number of furan rings is 1. The SMILES string of the molecule is C=CCN1C(=O)S/C(=C\c2ccc(-c3cccc(Cl)c3Cl)o2)C1=O. The molecule has 0 radical (unpaired) electrons. The van der Waals surface area contributed by atoms with Crippen molar-refractivity contribution in [1.29, 1.82) is 0 Å². The van der Waals surface area contributed by atoms with Crippen molar-refractivity contribution in [2.45, 2.75) is 0 Å². The van der Waals surface area contributed by atoms with Gasteiger partial charge in [0.2, 0.25) is 0 Å². The summed E-state index contributed by atoms with van der Waals surface area (Å²) in [7, 11) is 0. The quantitative estimate of drug-likeness (QED) is 0.521. The molecule has 0 atom stereocenters. The number of carbonyl (C=O) groups excluding carboxylic acids is 2. The fourth-order valence-corrected chi connectivity index (χ4v) is 3.41. The lowest BCUT2D eigenvalue weighted by Gasteiger charge is -2.07. The van der Waals surface area contributed by atoms with Crippen molar-refractivity contribution in [1.82, 2.24) is 4.90 Å². The number of hydrogen-bond acceptors (Lipinski definition) is 4. The zero-order valence-corrected chi connectivity index (χ0v) is 14.6. The standard InChI is InChI=1S/C17H11Cl2NO3S/c1-2-8-20-16(21)14(24-17(20)22)9-10-6-7-13(23-10)11-4-3-5-12(18)15(11)19/h2-7,9H,1,8H2/b14-9-. The maximum absolute atomic E-state index is 12.2. The average molecular weight is 380 g/mol. The lowest BCUT2D eigenvalue weighted by atomic mass is 10.2. The van der Waals surface area contributed by atoms with Gasteiger partial charge >= 0.3 is 0 Å². The van der Waals surface area contributed by atoms with Crippen LogP contribution in [-0.4, -0.2) is 22.6 Å². The molecule has 0 aliphatic carbocycles. The average Bonchev–Trinajstić information content (AvgIpc) is 3.11. The molecule has 1 aromatic carbocycles. The van der Waals surface area contributed by atoms with E-state index in [9.17, 15) is 9.59 Å². The fourth-order valence-electron chi connectivity index (χ4n) is 2.18. The monoisotopic (exact) mass is 379 g/mol. The highest BCUT2D eigenvalue weighted by atomic mass is 35.5. The van der Waals surface area contributed by atoms with E-state index in [4.69, 9.17) is 27.6 Å². The Morgan fingerprint density at radius 3 is 2.75 bits per heavy atom. The van der Waals surface area contributed by atoms with E-state index in [0.29, 0.717) is 32.0 Å². The van der Waals surface area contributed by atoms with Gasteiger partial charge in [-0.3, -0.25) is 14.5 Å². The number of halogens is 2. The van der Waals surface area contributed by atoms with Crippen molar-refractivity contribution in [3.8, 4) is 11.3 Å². The molecule has 4 nitrogen and oxygen atoms in total. The van der Waals surface area contributed by atoms with Gasteiger partial charge in [0.15, 0.2) is 0 Å². The third-order valence-electron chi connectivity index (χ3n) is 3.30. The van der Waals surface area contributed by atoms with Gasteiger partial charge in [0, 0.05) is 18.2 Å².